The largest absolute Gasteiger partial charge is 0.491 e. The second-order valence-electron chi connectivity index (χ2n) is 8.39. The van der Waals surface area contributed by atoms with Crippen molar-refractivity contribution in [3.05, 3.63) is 102 Å². The van der Waals surface area contributed by atoms with Crippen LogP contribution in [0.4, 0.5) is 0 Å². The molecule has 2 N–H and O–H groups in total. The van der Waals surface area contributed by atoms with Crippen molar-refractivity contribution < 1.29 is 24.5 Å². The monoisotopic (exact) mass is 463 g/mol. The highest BCUT2D eigenvalue weighted by Crippen LogP contribution is 2.17. The lowest BCUT2D eigenvalue weighted by molar-refractivity contribution is -0.0506. The summed E-state index contributed by atoms with van der Waals surface area (Å²) >= 11 is 0. The van der Waals surface area contributed by atoms with Gasteiger partial charge in [0.15, 0.2) is 0 Å². The average molecular weight is 464 g/mol. The Labute approximate surface area is 201 Å². The SMILES string of the molecule is COC(=O)c1ccc(C[C@@H](C)N(C[C@@H](O)COc2ccccc2)[C@H](O)Cc2ccccc2)cc1. The Morgan fingerprint density at radius 2 is 1.44 bits per heavy atom. The molecule has 0 amide bonds. The van der Waals surface area contributed by atoms with E-state index in [0.717, 1.165) is 11.1 Å². The molecule has 180 valence electrons. The Balaban J connectivity index is 1.68. The number of methoxy groups -OCH3 is 1. The molecule has 0 aromatic heterocycles. The van der Waals surface area contributed by atoms with E-state index in [0.29, 0.717) is 24.2 Å². The smallest absolute Gasteiger partial charge is 0.337 e. The summed E-state index contributed by atoms with van der Waals surface area (Å²) in [7, 11) is 1.36. The highest BCUT2D eigenvalue weighted by atomic mass is 16.5. The summed E-state index contributed by atoms with van der Waals surface area (Å²) in [6, 6.07) is 26.3. The van der Waals surface area contributed by atoms with Crippen LogP contribution >= 0.6 is 0 Å². The van der Waals surface area contributed by atoms with Crippen LogP contribution in [-0.2, 0) is 17.6 Å². The lowest BCUT2D eigenvalue weighted by Gasteiger charge is -2.35. The Bertz CT molecular complexity index is 994. The summed E-state index contributed by atoms with van der Waals surface area (Å²) in [6.45, 7) is 2.40. The first-order valence-electron chi connectivity index (χ1n) is 11.5. The molecule has 0 aliphatic rings. The molecular weight excluding hydrogens is 430 g/mol. The fraction of sp³-hybridized carbons (Fsp3) is 0.321. The molecule has 0 fully saturated rings. The number of aliphatic hydroxyl groups is 2. The van der Waals surface area contributed by atoms with E-state index in [-0.39, 0.29) is 25.2 Å². The molecule has 0 unspecified atom stereocenters. The van der Waals surface area contributed by atoms with Gasteiger partial charge in [0.2, 0.25) is 0 Å². The number of rotatable bonds is 12. The molecule has 3 atom stereocenters. The Kier molecular flexibility index (Phi) is 9.64. The first kappa shape index (κ1) is 25.4. The standard InChI is InChI=1S/C28H33NO5/c1-21(17-23-13-15-24(16-14-23)28(32)33-2)29(27(31)18-22-9-5-3-6-10-22)19-25(30)20-34-26-11-7-4-8-12-26/h3-16,21,25,27,30-31H,17-20H2,1-2H3/t21-,25-,27-/m1/s1. The summed E-state index contributed by atoms with van der Waals surface area (Å²) < 4.78 is 10.5. The third-order valence-corrected chi connectivity index (χ3v) is 5.72. The van der Waals surface area contributed by atoms with Gasteiger partial charge in [0.25, 0.3) is 0 Å². The van der Waals surface area contributed by atoms with Crippen LogP contribution in [0.5, 0.6) is 5.75 Å². The topological polar surface area (TPSA) is 79.2 Å². The molecule has 6 heteroatoms. The number of benzene rings is 3. The minimum atomic E-state index is -0.783. The zero-order valence-corrected chi connectivity index (χ0v) is 19.7. The second kappa shape index (κ2) is 12.9. The van der Waals surface area contributed by atoms with E-state index in [9.17, 15) is 15.0 Å². The van der Waals surface area contributed by atoms with Gasteiger partial charge in [0, 0.05) is 19.0 Å². The van der Waals surface area contributed by atoms with E-state index in [1.165, 1.54) is 7.11 Å². The number of ether oxygens (including phenoxy) is 2. The van der Waals surface area contributed by atoms with Crippen LogP contribution in [-0.4, -0.2) is 59.7 Å². The first-order valence-corrected chi connectivity index (χ1v) is 11.5. The molecule has 0 radical (unpaired) electrons. The maximum Gasteiger partial charge on any atom is 0.337 e. The number of esters is 1. The second-order valence-corrected chi connectivity index (χ2v) is 8.39. The van der Waals surface area contributed by atoms with E-state index in [1.54, 1.807) is 12.1 Å². The minimum Gasteiger partial charge on any atom is -0.491 e. The number of carbonyl (C=O) groups excluding carboxylic acids is 1. The third-order valence-electron chi connectivity index (χ3n) is 5.72. The van der Waals surface area contributed by atoms with Gasteiger partial charge in [-0.2, -0.15) is 0 Å². The maximum absolute atomic E-state index is 11.7. The Morgan fingerprint density at radius 1 is 0.853 bits per heavy atom. The van der Waals surface area contributed by atoms with Crippen molar-refractivity contribution in [2.45, 2.75) is 38.1 Å². The number of hydrogen-bond donors (Lipinski definition) is 2. The van der Waals surface area contributed by atoms with Gasteiger partial charge in [-0.15, -0.1) is 0 Å². The zero-order valence-electron chi connectivity index (χ0n) is 19.7. The quantitative estimate of drug-likeness (QED) is 0.315. The van der Waals surface area contributed by atoms with Crippen molar-refractivity contribution in [2.75, 3.05) is 20.3 Å². The fourth-order valence-corrected chi connectivity index (χ4v) is 3.90. The molecule has 3 aromatic carbocycles. The van der Waals surface area contributed by atoms with Gasteiger partial charge in [-0.25, -0.2) is 4.79 Å². The highest BCUT2D eigenvalue weighted by Gasteiger charge is 2.25. The molecule has 0 heterocycles. The molecule has 0 aliphatic carbocycles. The van der Waals surface area contributed by atoms with Crippen LogP contribution in [0.1, 0.15) is 28.4 Å². The predicted molar refractivity (Wildman–Crippen MR) is 132 cm³/mol. The van der Waals surface area contributed by atoms with Crippen LogP contribution in [0, 0.1) is 0 Å². The summed E-state index contributed by atoms with van der Waals surface area (Å²) in [6.07, 6.45) is -0.480. The predicted octanol–water partition coefficient (Wildman–Crippen LogP) is 3.71. The van der Waals surface area contributed by atoms with Gasteiger partial charge in [-0.3, -0.25) is 4.90 Å². The molecule has 6 nitrogen and oxygen atoms in total. The Hall–Kier alpha value is -3.19. The Morgan fingerprint density at radius 3 is 2.06 bits per heavy atom. The van der Waals surface area contributed by atoms with Crippen molar-refractivity contribution in [1.29, 1.82) is 0 Å². The molecule has 0 bridgehead atoms. The molecule has 0 spiro atoms. The zero-order chi connectivity index (χ0) is 24.3. The molecule has 0 saturated carbocycles. The number of carbonyl (C=O) groups is 1. The van der Waals surface area contributed by atoms with Gasteiger partial charge in [-0.05, 0) is 48.7 Å². The summed E-state index contributed by atoms with van der Waals surface area (Å²) in [5, 5.41) is 21.8. The van der Waals surface area contributed by atoms with Crippen LogP contribution in [0.25, 0.3) is 0 Å². The van der Waals surface area contributed by atoms with E-state index in [2.05, 4.69) is 0 Å². The van der Waals surface area contributed by atoms with E-state index in [4.69, 9.17) is 9.47 Å². The molecule has 0 saturated heterocycles. The van der Waals surface area contributed by atoms with E-state index in [1.807, 2.05) is 84.6 Å². The maximum atomic E-state index is 11.7. The lowest BCUT2D eigenvalue weighted by atomic mass is 10.0. The number of hydrogen-bond acceptors (Lipinski definition) is 6. The van der Waals surface area contributed by atoms with Gasteiger partial charge in [-0.1, -0.05) is 60.7 Å². The van der Waals surface area contributed by atoms with Crippen molar-refractivity contribution in [1.82, 2.24) is 4.90 Å². The highest BCUT2D eigenvalue weighted by molar-refractivity contribution is 5.89. The minimum absolute atomic E-state index is 0.0749. The molecule has 34 heavy (non-hydrogen) atoms. The van der Waals surface area contributed by atoms with Gasteiger partial charge < -0.3 is 19.7 Å². The first-order chi connectivity index (χ1) is 16.5. The fourth-order valence-electron chi connectivity index (χ4n) is 3.90. The van der Waals surface area contributed by atoms with E-state index < -0.39 is 12.3 Å². The van der Waals surface area contributed by atoms with Crippen LogP contribution in [0.3, 0.4) is 0 Å². The lowest BCUT2D eigenvalue weighted by Crippen LogP contribution is -2.48. The number of para-hydroxylation sites is 1. The summed E-state index contributed by atoms with van der Waals surface area (Å²) in [4.78, 5) is 13.6. The van der Waals surface area contributed by atoms with Gasteiger partial charge in [0.05, 0.1) is 12.7 Å². The number of aliphatic hydroxyl groups excluding tert-OH is 2. The molecular formula is C28H33NO5. The molecule has 0 aliphatic heterocycles. The summed E-state index contributed by atoms with van der Waals surface area (Å²) in [5.74, 6) is 0.317. The van der Waals surface area contributed by atoms with Gasteiger partial charge in [0.1, 0.15) is 24.7 Å². The van der Waals surface area contributed by atoms with Crippen LogP contribution < -0.4 is 4.74 Å². The summed E-state index contributed by atoms with van der Waals surface area (Å²) in [5.41, 5.74) is 2.53. The van der Waals surface area contributed by atoms with Crippen molar-refractivity contribution in [3.8, 4) is 5.75 Å². The van der Waals surface area contributed by atoms with E-state index >= 15 is 0 Å². The normalized spacial score (nSPS) is 13.8. The molecule has 3 rings (SSSR count). The van der Waals surface area contributed by atoms with Crippen molar-refractivity contribution in [3.63, 3.8) is 0 Å². The molecule has 3 aromatic rings. The van der Waals surface area contributed by atoms with Crippen molar-refractivity contribution >= 4 is 5.97 Å². The van der Waals surface area contributed by atoms with Crippen LogP contribution in [0.15, 0.2) is 84.9 Å². The average Bonchev–Trinajstić information content (AvgIpc) is 2.87. The number of nitrogens with zero attached hydrogens (tertiary/aromatic N) is 1. The van der Waals surface area contributed by atoms with Crippen LogP contribution in [0.2, 0.25) is 0 Å². The van der Waals surface area contributed by atoms with Crippen molar-refractivity contribution in [2.24, 2.45) is 0 Å². The third kappa shape index (κ3) is 7.70. The van der Waals surface area contributed by atoms with Gasteiger partial charge >= 0.3 is 5.97 Å².